The molecular formula is C13H15N3O4. The van der Waals surface area contributed by atoms with E-state index in [1.807, 2.05) is 0 Å². The highest BCUT2D eigenvalue weighted by Crippen LogP contribution is 2.12. The van der Waals surface area contributed by atoms with Crippen molar-refractivity contribution in [1.82, 2.24) is 9.97 Å². The minimum atomic E-state index is -1.05. The molecule has 0 aliphatic heterocycles. The topological polar surface area (TPSA) is 92.6 Å². The number of nitrogens with zero attached hydrogens (tertiary/aromatic N) is 3. The summed E-state index contributed by atoms with van der Waals surface area (Å²) in [6.07, 6.45) is 6.49. The van der Waals surface area contributed by atoms with Crippen LogP contribution in [0.1, 0.15) is 23.0 Å². The van der Waals surface area contributed by atoms with E-state index in [9.17, 15) is 9.59 Å². The van der Waals surface area contributed by atoms with Gasteiger partial charge in [0.15, 0.2) is 0 Å². The summed E-state index contributed by atoms with van der Waals surface area (Å²) in [5, 5.41) is 8.81. The molecule has 1 heterocycles. The van der Waals surface area contributed by atoms with Crippen LogP contribution in [0.25, 0.3) is 0 Å². The van der Waals surface area contributed by atoms with E-state index in [0.29, 0.717) is 5.69 Å². The van der Waals surface area contributed by atoms with Crippen LogP contribution in [0, 0.1) is 19.3 Å². The lowest BCUT2D eigenvalue weighted by Gasteiger charge is -2.18. The molecule has 0 aliphatic carbocycles. The molecule has 0 saturated heterocycles. The van der Waals surface area contributed by atoms with E-state index in [-0.39, 0.29) is 31.2 Å². The Morgan fingerprint density at radius 2 is 2.25 bits per heavy atom. The molecule has 0 unspecified atom stereocenters. The van der Waals surface area contributed by atoms with Crippen LogP contribution in [0.4, 0.5) is 5.95 Å². The number of carboxylic acid groups (broad SMARTS) is 1. The molecule has 1 aromatic heterocycles. The van der Waals surface area contributed by atoms with Gasteiger partial charge in [-0.1, -0.05) is 5.92 Å². The monoisotopic (exact) mass is 277 g/mol. The van der Waals surface area contributed by atoms with Gasteiger partial charge in [0.1, 0.15) is 6.54 Å². The van der Waals surface area contributed by atoms with Crippen LogP contribution in [0.3, 0.4) is 0 Å². The lowest BCUT2D eigenvalue weighted by atomic mass is 10.2. The maximum Gasteiger partial charge on any atom is 0.341 e. The first-order chi connectivity index (χ1) is 9.49. The minimum Gasteiger partial charge on any atom is -0.480 e. The number of ether oxygens (including phenoxy) is 1. The fourth-order valence-electron chi connectivity index (χ4n) is 1.49. The van der Waals surface area contributed by atoms with Gasteiger partial charge < -0.3 is 14.7 Å². The van der Waals surface area contributed by atoms with Crippen molar-refractivity contribution in [2.75, 3.05) is 24.6 Å². The van der Waals surface area contributed by atoms with Crippen LogP contribution in [0.2, 0.25) is 0 Å². The highest BCUT2D eigenvalue weighted by Gasteiger charge is 2.17. The third-order valence-corrected chi connectivity index (χ3v) is 2.35. The van der Waals surface area contributed by atoms with Gasteiger partial charge in [0, 0.05) is 6.20 Å². The SMILES string of the molecule is C#CCN(CC(=O)O)c1ncc(C(=O)OCC)c(C)n1. The molecule has 7 heteroatoms. The van der Waals surface area contributed by atoms with E-state index in [2.05, 4.69) is 15.9 Å². The van der Waals surface area contributed by atoms with E-state index in [4.69, 9.17) is 16.3 Å². The second-order valence-corrected chi connectivity index (χ2v) is 3.84. The van der Waals surface area contributed by atoms with Crippen LogP contribution in [0.15, 0.2) is 6.20 Å². The standard InChI is InChI=1S/C13H15N3O4/c1-4-6-16(8-11(17)18)13-14-7-10(9(3)15-13)12(19)20-5-2/h1,7H,5-6,8H2,2-3H3,(H,17,18). The molecule has 106 valence electrons. The summed E-state index contributed by atoms with van der Waals surface area (Å²) in [6, 6.07) is 0. The number of aliphatic carboxylic acids is 1. The third kappa shape index (κ3) is 3.95. The molecule has 0 radical (unpaired) electrons. The number of rotatable bonds is 6. The average Bonchev–Trinajstić information content (AvgIpc) is 2.37. The fourth-order valence-corrected chi connectivity index (χ4v) is 1.49. The number of aryl methyl sites for hydroxylation is 1. The molecule has 0 fully saturated rings. The lowest BCUT2D eigenvalue weighted by molar-refractivity contribution is -0.135. The summed E-state index contributed by atoms with van der Waals surface area (Å²) in [5.74, 6) is 0.942. The van der Waals surface area contributed by atoms with Crippen molar-refractivity contribution >= 4 is 17.9 Å². The molecule has 0 saturated carbocycles. The molecule has 0 bridgehead atoms. The Balaban J connectivity index is 3.02. The Kier molecular flexibility index (Phi) is 5.47. The number of hydrogen-bond acceptors (Lipinski definition) is 6. The zero-order chi connectivity index (χ0) is 15.1. The number of aromatic nitrogens is 2. The first-order valence-corrected chi connectivity index (χ1v) is 5.90. The molecule has 1 rings (SSSR count). The summed E-state index contributed by atoms with van der Waals surface area (Å²) in [4.78, 5) is 31.8. The molecule has 0 atom stereocenters. The number of carboxylic acids is 1. The van der Waals surface area contributed by atoms with Gasteiger partial charge in [-0.3, -0.25) is 4.79 Å². The maximum atomic E-state index is 11.6. The molecule has 0 spiro atoms. The van der Waals surface area contributed by atoms with Gasteiger partial charge in [-0.2, -0.15) is 0 Å². The number of hydrogen-bond donors (Lipinski definition) is 1. The number of terminal acetylenes is 1. The van der Waals surface area contributed by atoms with E-state index in [0.717, 1.165) is 0 Å². The van der Waals surface area contributed by atoms with Gasteiger partial charge in [-0.15, -0.1) is 6.42 Å². The second kappa shape index (κ2) is 7.09. The lowest BCUT2D eigenvalue weighted by Crippen LogP contribution is -2.32. The molecule has 20 heavy (non-hydrogen) atoms. The van der Waals surface area contributed by atoms with Crippen LogP contribution >= 0.6 is 0 Å². The van der Waals surface area contributed by atoms with Crippen LogP contribution in [-0.4, -0.2) is 46.7 Å². The first-order valence-electron chi connectivity index (χ1n) is 5.90. The predicted molar refractivity (Wildman–Crippen MR) is 71.4 cm³/mol. The van der Waals surface area contributed by atoms with Gasteiger partial charge in [0.2, 0.25) is 5.95 Å². The minimum absolute atomic E-state index is 0.0600. The Hall–Kier alpha value is -2.62. The van der Waals surface area contributed by atoms with Gasteiger partial charge in [0.25, 0.3) is 0 Å². The Labute approximate surface area is 116 Å². The Bertz CT molecular complexity index is 551. The van der Waals surface area contributed by atoms with Crippen LogP contribution in [0.5, 0.6) is 0 Å². The second-order valence-electron chi connectivity index (χ2n) is 3.84. The zero-order valence-corrected chi connectivity index (χ0v) is 11.3. The van der Waals surface area contributed by atoms with Crippen molar-refractivity contribution in [2.24, 2.45) is 0 Å². The summed E-state index contributed by atoms with van der Waals surface area (Å²) in [7, 11) is 0. The molecular weight excluding hydrogens is 262 g/mol. The summed E-state index contributed by atoms with van der Waals surface area (Å²) < 4.78 is 4.86. The van der Waals surface area contributed by atoms with Gasteiger partial charge in [-0.05, 0) is 13.8 Å². The van der Waals surface area contributed by atoms with E-state index >= 15 is 0 Å². The van der Waals surface area contributed by atoms with Crippen molar-refractivity contribution in [2.45, 2.75) is 13.8 Å². The third-order valence-electron chi connectivity index (χ3n) is 2.35. The van der Waals surface area contributed by atoms with Crippen molar-refractivity contribution in [1.29, 1.82) is 0 Å². The normalized spacial score (nSPS) is 9.65. The van der Waals surface area contributed by atoms with Crippen LogP contribution < -0.4 is 4.90 Å². The smallest absolute Gasteiger partial charge is 0.341 e. The fraction of sp³-hybridized carbons (Fsp3) is 0.385. The molecule has 0 aliphatic rings. The molecule has 1 N–H and O–H groups in total. The molecule has 1 aromatic rings. The molecule has 0 amide bonds. The predicted octanol–water partition coefficient (Wildman–Crippen LogP) is 0.486. The highest BCUT2D eigenvalue weighted by atomic mass is 16.5. The largest absolute Gasteiger partial charge is 0.480 e. The summed E-state index contributed by atoms with van der Waals surface area (Å²) in [5.41, 5.74) is 0.646. The Morgan fingerprint density at radius 1 is 1.55 bits per heavy atom. The van der Waals surface area contributed by atoms with Crippen LogP contribution in [-0.2, 0) is 9.53 Å². The van der Waals surface area contributed by atoms with Gasteiger partial charge in [0.05, 0.1) is 24.4 Å². The van der Waals surface area contributed by atoms with Crippen molar-refractivity contribution in [3.63, 3.8) is 0 Å². The first kappa shape index (κ1) is 15.4. The van der Waals surface area contributed by atoms with Crippen molar-refractivity contribution < 1.29 is 19.4 Å². The van der Waals surface area contributed by atoms with E-state index in [1.54, 1.807) is 13.8 Å². The van der Waals surface area contributed by atoms with E-state index < -0.39 is 11.9 Å². The highest BCUT2D eigenvalue weighted by molar-refractivity contribution is 5.90. The average molecular weight is 277 g/mol. The number of carbonyl (C=O) groups excluding carboxylic acids is 1. The van der Waals surface area contributed by atoms with Gasteiger partial charge in [-0.25, -0.2) is 14.8 Å². The van der Waals surface area contributed by atoms with Gasteiger partial charge >= 0.3 is 11.9 Å². The number of carbonyl (C=O) groups is 2. The molecule has 7 nitrogen and oxygen atoms in total. The molecule has 0 aromatic carbocycles. The maximum absolute atomic E-state index is 11.6. The quantitative estimate of drug-likeness (QED) is 0.597. The zero-order valence-electron chi connectivity index (χ0n) is 11.3. The van der Waals surface area contributed by atoms with E-state index in [1.165, 1.54) is 11.1 Å². The van der Waals surface area contributed by atoms with Crippen molar-refractivity contribution in [3.8, 4) is 12.3 Å². The van der Waals surface area contributed by atoms with Crippen molar-refractivity contribution in [3.05, 3.63) is 17.5 Å². The number of esters is 1. The summed E-state index contributed by atoms with van der Waals surface area (Å²) >= 11 is 0. The Morgan fingerprint density at radius 3 is 2.75 bits per heavy atom. The number of anilines is 1. The summed E-state index contributed by atoms with van der Waals surface area (Å²) in [6.45, 7) is 3.31.